The standard InChI is InChI=1S/C16H18ClN3O2S/c1-13-5-6-15(14(17)12-13)23(21,22)20-10-8-19(9-11-20)16-4-2-3-7-18-16/h2-7,12H,8-11H2,1H3. The minimum Gasteiger partial charge on any atom is -0.354 e. The van der Waals surface area contributed by atoms with Gasteiger partial charge in [-0.05, 0) is 36.8 Å². The number of benzene rings is 1. The molecule has 0 amide bonds. The van der Waals surface area contributed by atoms with Crippen molar-refractivity contribution in [2.45, 2.75) is 11.8 Å². The molecule has 3 rings (SSSR count). The Balaban J connectivity index is 1.76. The van der Waals surface area contributed by atoms with Crippen molar-refractivity contribution in [2.75, 3.05) is 31.1 Å². The van der Waals surface area contributed by atoms with Crippen LogP contribution in [0.2, 0.25) is 5.02 Å². The Labute approximate surface area is 141 Å². The molecule has 0 spiro atoms. The molecule has 7 heteroatoms. The van der Waals surface area contributed by atoms with E-state index in [9.17, 15) is 8.42 Å². The van der Waals surface area contributed by atoms with Gasteiger partial charge in [0, 0.05) is 32.4 Å². The third-order valence-electron chi connectivity index (χ3n) is 3.92. The van der Waals surface area contributed by atoms with Crippen LogP contribution in [0.3, 0.4) is 0 Å². The molecular weight excluding hydrogens is 334 g/mol. The number of hydrogen-bond acceptors (Lipinski definition) is 4. The fourth-order valence-corrected chi connectivity index (χ4v) is 4.65. The number of piperazine rings is 1. The van der Waals surface area contributed by atoms with Crippen LogP contribution in [-0.4, -0.2) is 43.9 Å². The number of halogens is 1. The van der Waals surface area contributed by atoms with Gasteiger partial charge in [0.15, 0.2) is 0 Å². The van der Waals surface area contributed by atoms with Crippen LogP contribution in [0.5, 0.6) is 0 Å². The summed E-state index contributed by atoms with van der Waals surface area (Å²) in [5.74, 6) is 0.873. The first-order valence-electron chi connectivity index (χ1n) is 7.41. The molecule has 2 aromatic rings. The van der Waals surface area contributed by atoms with Crippen LogP contribution in [0.4, 0.5) is 5.82 Å². The number of aryl methyl sites for hydroxylation is 1. The van der Waals surface area contributed by atoms with Gasteiger partial charge in [0.25, 0.3) is 0 Å². The third kappa shape index (κ3) is 3.34. The van der Waals surface area contributed by atoms with Gasteiger partial charge in [0.1, 0.15) is 10.7 Å². The molecule has 0 aliphatic carbocycles. The largest absolute Gasteiger partial charge is 0.354 e. The van der Waals surface area contributed by atoms with E-state index in [0.29, 0.717) is 26.2 Å². The van der Waals surface area contributed by atoms with E-state index in [2.05, 4.69) is 9.88 Å². The molecule has 1 saturated heterocycles. The maximum absolute atomic E-state index is 12.8. The zero-order chi connectivity index (χ0) is 16.4. The molecule has 1 aromatic heterocycles. The molecular formula is C16H18ClN3O2S. The lowest BCUT2D eigenvalue weighted by Crippen LogP contribution is -2.48. The van der Waals surface area contributed by atoms with Crippen LogP contribution in [0.15, 0.2) is 47.5 Å². The van der Waals surface area contributed by atoms with E-state index in [0.717, 1.165) is 11.4 Å². The molecule has 5 nitrogen and oxygen atoms in total. The van der Waals surface area contributed by atoms with Crippen molar-refractivity contribution in [3.05, 3.63) is 53.2 Å². The lowest BCUT2D eigenvalue weighted by atomic mass is 10.2. The zero-order valence-corrected chi connectivity index (χ0v) is 14.4. The van der Waals surface area contributed by atoms with Crippen molar-refractivity contribution in [3.8, 4) is 0 Å². The predicted molar refractivity (Wildman–Crippen MR) is 91.4 cm³/mol. The van der Waals surface area contributed by atoms with Gasteiger partial charge in [0.05, 0.1) is 5.02 Å². The summed E-state index contributed by atoms with van der Waals surface area (Å²) in [7, 11) is -3.56. The average Bonchev–Trinajstić information content (AvgIpc) is 2.55. The first-order valence-corrected chi connectivity index (χ1v) is 9.22. The van der Waals surface area contributed by atoms with E-state index in [1.807, 2.05) is 25.1 Å². The van der Waals surface area contributed by atoms with E-state index in [1.165, 1.54) is 4.31 Å². The van der Waals surface area contributed by atoms with Crippen molar-refractivity contribution >= 4 is 27.4 Å². The van der Waals surface area contributed by atoms with Crippen LogP contribution in [0, 0.1) is 6.92 Å². The molecule has 1 fully saturated rings. The van der Waals surface area contributed by atoms with E-state index >= 15 is 0 Å². The summed E-state index contributed by atoms with van der Waals surface area (Å²) < 4.78 is 27.0. The Bertz CT molecular complexity index is 788. The number of aromatic nitrogens is 1. The van der Waals surface area contributed by atoms with Gasteiger partial charge in [0.2, 0.25) is 10.0 Å². The first-order chi connectivity index (χ1) is 11.0. The highest BCUT2D eigenvalue weighted by molar-refractivity contribution is 7.89. The summed E-state index contributed by atoms with van der Waals surface area (Å²) in [6, 6.07) is 10.8. The molecule has 0 N–H and O–H groups in total. The molecule has 0 atom stereocenters. The second-order valence-corrected chi connectivity index (χ2v) is 7.83. The molecule has 1 aliphatic rings. The van der Waals surface area contributed by atoms with Gasteiger partial charge >= 0.3 is 0 Å². The highest BCUT2D eigenvalue weighted by atomic mass is 35.5. The summed E-state index contributed by atoms with van der Waals surface area (Å²) in [5.41, 5.74) is 0.939. The molecule has 23 heavy (non-hydrogen) atoms. The monoisotopic (exact) mass is 351 g/mol. The van der Waals surface area contributed by atoms with Crippen LogP contribution in [-0.2, 0) is 10.0 Å². The fraction of sp³-hybridized carbons (Fsp3) is 0.312. The Morgan fingerprint density at radius 1 is 1.09 bits per heavy atom. The molecule has 1 aliphatic heterocycles. The van der Waals surface area contributed by atoms with E-state index in [-0.39, 0.29) is 9.92 Å². The summed E-state index contributed by atoms with van der Waals surface area (Å²) in [6.07, 6.45) is 1.74. The van der Waals surface area contributed by atoms with Crippen molar-refractivity contribution < 1.29 is 8.42 Å². The minimum atomic E-state index is -3.56. The van der Waals surface area contributed by atoms with Crippen LogP contribution >= 0.6 is 11.6 Å². The van der Waals surface area contributed by atoms with Gasteiger partial charge in [-0.1, -0.05) is 23.7 Å². The van der Waals surface area contributed by atoms with Gasteiger partial charge in [-0.15, -0.1) is 0 Å². The molecule has 1 aromatic carbocycles. The number of nitrogens with zero attached hydrogens (tertiary/aromatic N) is 3. The molecule has 0 bridgehead atoms. The average molecular weight is 352 g/mol. The molecule has 0 radical (unpaired) electrons. The van der Waals surface area contributed by atoms with Crippen molar-refractivity contribution in [1.82, 2.24) is 9.29 Å². The fourth-order valence-electron chi connectivity index (χ4n) is 2.65. The lowest BCUT2D eigenvalue weighted by Gasteiger charge is -2.34. The normalized spacial score (nSPS) is 16.5. The Morgan fingerprint density at radius 2 is 1.83 bits per heavy atom. The number of hydrogen-bond donors (Lipinski definition) is 0. The number of rotatable bonds is 3. The van der Waals surface area contributed by atoms with Crippen molar-refractivity contribution in [1.29, 1.82) is 0 Å². The molecule has 2 heterocycles. The second-order valence-electron chi connectivity index (χ2n) is 5.51. The van der Waals surface area contributed by atoms with Crippen LogP contribution in [0.1, 0.15) is 5.56 Å². The Hall–Kier alpha value is -1.63. The second kappa shape index (κ2) is 6.47. The minimum absolute atomic E-state index is 0.177. The van der Waals surface area contributed by atoms with E-state index in [1.54, 1.807) is 24.4 Å². The molecule has 122 valence electrons. The smallest absolute Gasteiger partial charge is 0.244 e. The predicted octanol–water partition coefficient (Wildman–Crippen LogP) is 2.55. The zero-order valence-electron chi connectivity index (χ0n) is 12.8. The number of sulfonamides is 1. The topological polar surface area (TPSA) is 53.5 Å². The summed E-state index contributed by atoms with van der Waals surface area (Å²) in [4.78, 5) is 6.57. The van der Waals surface area contributed by atoms with Crippen LogP contribution < -0.4 is 4.90 Å². The highest BCUT2D eigenvalue weighted by Crippen LogP contribution is 2.26. The maximum atomic E-state index is 12.8. The maximum Gasteiger partial charge on any atom is 0.244 e. The quantitative estimate of drug-likeness (QED) is 0.852. The Morgan fingerprint density at radius 3 is 2.43 bits per heavy atom. The van der Waals surface area contributed by atoms with Gasteiger partial charge in [-0.3, -0.25) is 0 Å². The number of pyridine rings is 1. The Kier molecular flexibility index (Phi) is 4.57. The molecule has 0 saturated carbocycles. The van der Waals surface area contributed by atoms with Gasteiger partial charge in [-0.25, -0.2) is 13.4 Å². The summed E-state index contributed by atoms with van der Waals surface area (Å²) in [5, 5.41) is 0.275. The van der Waals surface area contributed by atoms with E-state index < -0.39 is 10.0 Å². The summed E-state index contributed by atoms with van der Waals surface area (Å²) in [6.45, 7) is 3.94. The highest BCUT2D eigenvalue weighted by Gasteiger charge is 2.30. The van der Waals surface area contributed by atoms with Crippen molar-refractivity contribution in [2.24, 2.45) is 0 Å². The first kappa shape index (κ1) is 16.2. The lowest BCUT2D eigenvalue weighted by molar-refractivity contribution is 0.384. The molecule has 0 unspecified atom stereocenters. The number of anilines is 1. The van der Waals surface area contributed by atoms with Gasteiger partial charge < -0.3 is 4.90 Å². The van der Waals surface area contributed by atoms with E-state index in [4.69, 9.17) is 11.6 Å². The summed E-state index contributed by atoms with van der Waals surface area (Å²) >= 11 is 6.13. The third-order valence-corrected chi connectivity index (χ3v) is 6.30. The SMILES string of the molecule is Cc1ccc(S(=O)(=O)N2CCN(c3ccccn3)CC2)c(Cl)c1. The van der Waals surface area contributed by atoms with Gasteiger partial charge in [-0.2, -0.15) is 4.31 Å². The van der Waals surface area contributed by atoms with Crippen molar-refractivity contribution in [3.63, 3.8) is 0 Å². The van der Waals surface area contributed by atoms with Crippen LogP contribution in [0.25, 0.3) is 0 Å².